The first kappa shape index (κ1) is 18.6. The molecule has 3 heteroatoms. The average Bonchev–Trinajstić information content (AvgIpc) is 2.44. The van der Waals surface area contributed by atoms with E-state index in [-0.39, 0.29) is 18.3 Å². The highest BCUT2D eigenvalue weighted by Gasteiger charge is 2.22. The van der Waals surface area contributed by atoms with Crippen molar-refractivity contribution < 1.29 is 9.90 Å². The van der Waals surface area contributed by atoms with Gasteiger partial charge < -0.3 is 10.8 Å². The number of aliphatic hydroxyl groups excluding tert-OH is 1. The summed E-state index contributed by atoms with van der Waals surface area (Å²) >= 11 is 0. The van der Waals surface area contributed by atoms with Crippen LogP contribution in [0.2, 0.25) is 0 Å². The molecule has 1 unspecified atom stereocenters. The Bertz CT molecular complexity index is 207. The van der Waals surface area contributed by atoms with Crippen LogP contribution >= 0.6 is 0 Å². The van der Waals surface area contributed by atoms with E-state index in [4.69, 9.17) is 10.8 Å². The third-order valence-corrected chi connectivity index (χ3v) is 3.78. The number of hydrogen-bond donors (Lipinski definition) is 2. The van der Waals surface area contributed by atoms with Crippen molar-refractivity contribution in [3.63, 3.8) is 0 Å². The summed E-state index contributed by atoms with van der Waals surface area (Å²) in [4.78, 5) is 12.1. The van der Waals surface area contributed by atoms with Gasteiger partial charge in [0.1, 0.15) is 0 Å². The molecule has 0 radical (unpaired) electrons. The third-order valence-electron chi connectivity index (χ3n) is 3.78. The van der Waals surface area contributed by atoms with Crippen LogP contribution in [0.4, 0.5) is 0 Å². The van der Waals surface area contributed by atoms with Gasteiger partial charge in [0.05, 0.1) is 12.6 Å². The van der Waals surface area contributed by atoms with Crippen molar-refractivity contribution in [2.45, 2.75) is 84.1 Å². The molecule has 0 saturated carbocycles. The van der Waals surface area contributed by atoms with Crippen LogP contribution in [-0.4, -0.2) is 23.5 Å². The summed E-state index contributed by atoms with van der Waals surface area (Å²) in [7, 11) is 0. The number of ketones is 1. The lowest BCUT2D eigenvalue weighted by Gasteiger charge is -2.18. The number of unbranched alkanes of at least 4 members (excludes halogenated alkanes) is 6. The second-order valence-electron chi connectivity index (χ2n) is 5.59. The fourth-order valence-corrected chi connectivity index (χ4v) is 2.46. The molecule has 0 rings (SSSR count). The maximum atomic E-state index is 12.1. The van der Waals surface area contributed by atoms with Crippen LogP contribution in [0, 0.1) is 5.92 Å². The topological polar surface area (TPSA) is 63.3 Å². The summed E-state index contributed by atoms with van der Waals surface area (Å²) in [5.74, 6) is 0.131. The van der Waals surface area contributed by atoms with E-state index in [1.54, 1.807) is 0 Å². The molecule has 3 N–H and O–H groups in total. The summed E-state index contributed by atoms with van der Waals surface area (Å²) in [6.07, 6.45) is 11.4. The molecule has 3 nitrogen and oxygen atoms in total. The van der Waals surface area contributed by atoms with E-state index in [0.29, 0.717) is 0 Å². The van der Waals surface area contributed by atoms with Gasteiger partial charge in [0.15, 0.2) is 5.78 Å². The van der Waals surface area contributed by atoms with E-state index in [9.17, 15) is 4.79 Å². The Morgan fingerprint density at radius 3 is 1.79 bits per heavy atom. The fraction of sp³-hybridized carbons (Fsp3) is 0.938. The molecule has 114 valence electrons. The molecule has 19 heavy (non-hydrogen) atoms. The van der Waals surface area contributed by atoms with E-state index < -0.39 is 6.04 Å². The number of carbonyl (C=O) groups excluding carboxylic acids is 1. The van der Waals surface area contributed by atoms with Crippen LogP contribution in [-0.2, 0) is 4.79 Å². The zero-order valence-corrected chi connectivity index (χ0v) is 12.9. The van der Waals surface area contributed by atoms with Crippen molar-refractivity contribution in [3.8, 4) is 0 Å². The van der Waals surface area contributed by atoms with E-state index in [2.05, 4.69) is 13.8 Å². The van der Waals surface area contributed by atoms with Crippen molar-refractivity contribution in [3.05, 3.63) is 0 Å². The second kappa shape index (κ2) is 12.6. The average molecular weight is 271 g/mol. The van der Waals surface area contributed by atoms with E-state index >= 15 is 0 Å². The summed E-state index contributed by atoms with van der Waals surface area (Å²) in [5, 5.41) is 9.03. The zero-order chi connectivity index (χ0) is 14.5. The highest BCUT2D eigenvalue weighted by Crippen LogP contribution is 2.20. The highest BCUT2D eigenvalue weighted by molar-refractivity contribution is 5.86. The predicted molar refractivity (Wildman–Crippen MR) is 81.1 cm³/mol. The van der Waals surface area contributed by atoms with Crippen LogP contribution in [0.3, 0.4) is 0 Å². The number of rotatable bonds is 13. The molecular weight excluding hydrogens is 238 g/mol. The molecule has 0 aromatic carbocycles. The molecule has 0 heterocycles. The van der Waals surface area contributed by atoms with E-state index in [1.165, 1.54) is 38.5 Å². The first-order valence-electron chi connectivity index (χ1n) is 8.07. The Morgan fingerprint density at radius 2 is 1.42 bits per heavy atom. The van der Waals surface area contributed by atoms with Gasteiger partial charge in [-0.25, -0.2) is 0 Å². The van der Waals surface area contributed by atoms with Crippen molar-refractivity contribution in [1.82, 2.24) is 0 Å². The van der Waals surface area contributed by atoms with Crippen molar-refractivity contribution in [1.29, 1.82) is 0 Å². The molecule has 1 atom stereocenters. The Morgan fingerprint density at radius 1 is 0.947 bits per heavy atom. The summed E-state index contributed by atoms with van der Waals surface area (Å²) < 4.78 is 0. The summed E-state index contributed by atoms with van der Waals surface area (Å²) in [6.45, 7) is 4.16. The van der Waals surface area contributed by atoms with Gasteiger partial charge in [-0.3, -0.25) is 4.79 Å². The molecule has 0 spiro atoms. The van der Waals surface area contributed by atoms with Crippen LogP contribution < -0.4 is 5.73 Å². The predicted octanol–water partition coefficient (Wildman–Crippen LogP) is 3.43. The normalized spacial score (nSPS) is 12.9. The minimum Gasteiger partial charge on any atom is -0.394 e. The summed E-state index contributed by atoms with van der Waals surface area (Å²) in [5.41, 5.74) is 5.68. The Kier molecular flexibility index (Phi) is 12.3. The number of carbonyl (C=O) groups is 1. The molecule has 0 aromatic heterocycles. The number of aliphatic hydroxyl groups is 1. The first-order chi connectivity index (χ1) is 9.17. The second-order valence-corrected chi connectivity index (χ2v) is 5.59. The maximum absolute atomic E-state index is 12.1. The van der Waals surface area contributed by atoms with Crippen LogP contribution in [0.15, 0.2) is 0 Å². The first-order valence-corrected chi connectivity index (χ1v) is 8.07. The zero-order valence-electron chi connectivity index (χ0n) is 12.9. The molecule has 0 aromatic rings. The molecule has 0 fully saturated rings. The van der Waals surface area contributed by atoms with E-state index in [0.717, 1.165) is 25.7 Å². The molecule has 0 saturated heterocycles. The molecular formula is C16H33NO2. The standard InChI is InChI=1S/C16H33NO2/c1-3-5-7-9-11-14(12-10-8-6-4-2)16(19)15(17)13-18/h14-15,18H,3-13,17H2,1-2H3. The van der Waals surface area contributed by atoms with Crippen molar-refractivity contribution in [2.24, 2.45) is 11.7 Å². The van der Waals surface area contributed by atoms with Gasteiger partial charge in [-0.15, -0.1) is 0 Å². The van der Waals surface area contributed by atoms with Crippen LogP contribution in [0.1, 0.15) is 78.1 Å². The van der Waals surface area contributed by atoms with Gasteiger partial charge >= 0.3 is 0 Å². The number of Topliss-reactive ketones (excluding diaryl/α,β-unsaturated/α-hetero) is 1. The van der Waals surface area contributed by atoms with Crippen molar-refractivity contribution in [2.75, 3.05) is 6.61 Å². The lowest BCUT2D eigenvalue weighted by Crippen LogP contribution is -2.38. The molecule has 0 aliphatic heterocycles. The molecule has 0 bridgehead atoms. The SMILES string of the molecule is CCCCCCC(CCCCCC)C(=O)C(N)CO. The van der Waals surface area contributed by atoms with Crippen LogP contribution in [0.5, 0.6) is 0 Å². The molecule has 0 aliphatic carbocycles. The largest absolute Gasteiger partial charge is 0.394 e. The van der Waals surface area contributed by atoms with Crippen LogP contribution in [0.25, 0.3) is 0 Å². The lowest BCUT2D eigenvalue weighted by molar-refractivity contribution is -0.125. The van der Waals surface area contributed by atoms with Gasteiger partial charge in [0, 0.05) is 5.92 Å². The molecule has 0 aliphatic rings. The van der Waals surface area contributed by atoms with Gasteiger partial charge in [0.25, 0.3) is 0 Å². The lowest BCUT2D eigenvalue weighted by atomic mass is 9.88. The minimum atomic E-state index is -0.678. The Labute approximate surface area is 119 Å². The third kappa shape index (κ3) is 9.17. The van der Waals surface area contributed by atoms with Gasteiger partial charge in [-0.2, -0.15) is 0 Å². The smallest absolute Gasteiger partial charge is 0.154 e. The Hall–Kier alpha value is -0.410. The number of hydrogen-bond acceptors (Lipinski definition) is 3. The number of nitrogens with two attached hydrogens (primary N) is 1. The Balaban J connectivity index is 4.09. The quantitative estimate of drug-likeness (QED) is 0.504. The van der Waals surface area contributed by atoms with E-state index in [1.807, 2.05) is 0 Å². The van der Waals surface area contributed by atoms with Gasteiger partial charge in [-0.05, 0) is 12.8 Å². The molecule has 0 amide bonds. The van der Waals surface area contributed by atoms with Crippen molar-refractivity contribution >= 4 is 5.78 Å². The fourth-order valence-electron chi connectivity index (χ4n) is 2.46. The highest BCUT2D eigenvalue weighted by atomic mass is 16.3. The monoisotopic (exact) mass is 271 g/mol. The van der Waals surface area contributed by atoms with Gasteiger partial charge in [-0.1, -0.05) is 65.2 Å². The minimum absolute atomic E-state index is 0.0653. The van der Waals surface area contributed by atoms with Gasteiger partial charge in [0.2, 0.25) is 0 Å². The summed E-state index contributed by atoms with van der Waals surface area (Å²) in [6, 6.07) is -0.678. The maximum Gasteiger partial charge on any atom is 0.154 e.